The van der Waals surface area contributed by atoms with Crippen LogP contribution >= 0.6 is 11.6 Å². The van der Waals surface area contributed by atoms with Crippen LogP contribution in [0.3, 0.4) is 0 Å². The molecule has 1 aromatic rings. The van der Waals surface area contributed by atoms with Gasteiger partial charge in [-0.3, -0.25) is 14.4 Å². The molecule has 0 aromatic heterocycles. The smallest absolute Gasteiger partial charge is 0.376 e. The van der Waals surface area contributed by atoms with Gasteiger partial charge in [0.1, 0.15) is 6.04 Å². The van der Waals surface area contributed by atoms with Crippen molar-refractivity contribution in [1.29, 1.82) is 5.26 Å². The summed E-state index contributed by atoms with van der Waals surface area (Å²) >= 11 is 5.65. The summed E-state index contributed by atoms with van der Waals surface area (Å²) in [5, 5.41) is 26.4. The molecular formula is C19H20ClF3N4O4. The van der Waals surface area contributed by atoms with Gasteiger partial charge in [0.15, 0.2) is 5.60 Å². The van der Waals surface area contributed by atoms with Gasteiger partial charge in [-0.25, -0.2) is 0 Å². The number of benzene rings is 1. The highest BCUT2D eigenvalue weighted by Gasteiger charge is 2.56. The summed E-state index contributed by atoms with van der Waals surface area (Å²) in [4.78, 5) is 35.6. The van der Waals surface area contributed by atoms with E-state index in [9.17, 15) is 32.7 Å². The van der Waals surface area contributed by atoms with E-state index in [-0.39, 0.29) is 17.4 Å². The summed E-state index contributed by atoms with van der Waals surface area (Å²) < 4.78 is 40.4. The molecule has 31 heavy (non-hydrogen) atoms. The summed E-state index contributed by atoms with van der Waals surface area (Å²) in [7, 11) is 0. The molecule has 2 rings (SSSR count). The lowest BCUT2D eigenvalue weighted by atomic mass is 9.89. The van der Waals surface area contributed by atoms with E-state index >= 15 is 0 Å². The maximum Gasteiger partial charge on any atom is 0.421 e. The van der Waals surface area contributed by atoms with Crippen molar-refractivity contribution in [3.8, 4) is 6.07 Å². The molecule has 168 valence electrons. The Morgan fingerprint density at radius 3 is 2.45 bits per heavy atom. The fraction of sp³-hybridized carbons (Fsp3) is 0.474. The molecule has 8 nitrogen and oxygen atoms in total. The molecule has 3 atom stereocenters. The van der Waals surface area contributed by atoms with Crippen molar-refractivity contribution in [3.63, 3.8) is 0 Å². The molecule has 12 heteroatoms. The van der Waals surface area contributed by atoms with Crippen molar-refractivity contribution in [1.82, 2.24) is 16.0 Å². The Morgan fingerprint density at radius 2 is 1.94 bits per heavy atom. The van der Waals surface area contributed by atoms with Crippen LogP contribution in [0.4, 0.5) is 13.2 Å². The van der Waals surface area contributed by atoms with Gasteiger partial charge in [0.25, 0.3) is 0 Å². The summed E-state index contributed by atoms with van der Waals surface area (Å²) in [5.41, 5.74) is -4.06. The quantitative estimate of drug-likeness (QED) is 0.462. The summed E-state index contributed by atoms with van der Waals surface area (Å²) in [6, 6.07) is 5.02. The first-order valence-corrected chi connectivity index (χ1v) is 9.62. The number of hydrogen-bond acceptors (Lipinski definition) is 5. The molecule has 1 aliphatic heterocycles. The van der Waals surface area contributed by atoms with E-state index in [2.05, 4.69) is 10.6 Å². The highest BCUT2D eigenvalue weighted by Crippen LogP contribution is 2.41. The molecule has 0 bridgehead atoms. The number of alkyl halides is 3. The topological polar surface area (TPSA) is 131 Å². The molecule has 1 aromatic carbocycles. The van der Waals surface area contributed by atoms with Gasteiger partial charge in [0.2, 0.25) is 17.7 Å². The lowest BCUT2D eigenvalue weighted by Gasteiger charge is -2.30. The van der Waals surface area contributed by atoms with Crippen molar-refractivity contribution in [2.24, 2.45) is 5.92 Å². The van der Waals surface area contributed by atoms with Crippen LogP contribution in [0.5, 0.6) is 0 Å². The monoisotopic (exact) mass is 460 g/mol. The molecule has 1 aliphatic rings. The first-order valence-electron chi connectivity index (χ1n) is 9.25. The van der Waals surface area contributed by atoms with E-state index < -0.39 is 54.1 Å². The van der Waals surface area contributed by atoms with Crippen molar-refractivity contribution in [2.75, 3.05) is 13.1 Å². The minimum Gasteiger partial charge on any atom is -0.376 e. The fourth-order valence-electron chi connectivity index (χ4n) is 3.11. The second-order valence-corrected chi connectivity index (χ2v) is 7.52. The van der Waals surface area contributed by atoms with Gasteiger partial charge >= 0.3 is 6.18 Å². The van der Waals surface area contributed by atoms with E-state index in [1.807, 2.05) is 11.4 Å². The van der Waals surface area contributed by atoms with Crippen molar-refractivity contribution >= 4 is 29.3 Å². The predicted octanol–water partition coefficient (Wildman–Crippen LogP) is 1.13. The van der Waals surface area contributed by atoms with Gasteiger partial charge in [0, 0.05) is 17.5 Å². The van der Waals surface area contributed by atoms with Gasteiger partial charge in [-0.15, -0.1) is 0 Å². The Bertz CT molecular complexity index is 872. The number of halogens is 4. The number of nitriles is 1. The molecule has 3 amide bonds. The fourth-order valence-corrected chi connectivity index (χ4v) is 3.23. The van der Waals surface area contributed by atoms with Crippen LogP contribution < -0.4 is 16.0 Å². The first-order chi connectivity index (χ1) is 14.5. The van der Waals surface area contributed by atoms with Crippen LogP contribution in [-0.4, -0.2) is 48.1 Å². The third-order valence-electron chi connectivity index (χ3n) is 4.83. The molecule has 0 radical (unpaired) electrons. The zero-order valence-electron chi connectivity index (χ0n) is 16.1. The van der Waals surface area contributed by atoms with Gasteiger partial charge in [0.05, 0.1) is 19.0 Å². The first kappa shape index (κ1) is 24.4. The molecule has 1 unspecified atom stereocenters. The Balaban J connectivity index is 1.94. The second-order valence-electron chi connectivity index (χ2n) is 7.08. The highest BCUT2D eigenvalue weighted by molar-refractivity contribution is 6.30. The summed E-state index contributed by atoms with van der Waals surface area (Å²) in [6.45, 7) is -0.232. The number of nitrogens with one attached hydrogen (secondary N) is 3. The Kier molecular flexibility index (Phi) is 7.86. The zero-order valence-corrected chi connectivity index (χ0v) is 16.9. The number of hydrogen-bond donors (Lipinski definition) is 4. The summed E-state index contributed by atoms with van der Waals surface area (Å²) in [5.74, 6) is -2.70. The molecule has 0 aliphatic carbocycles. The highest BCUT2D eigenvalue weighted by atomic mass is 35.5. The number of carbonyl (C=O) groups excluding carboxylic acids is 3. The average Bonchev–Trinajstić information content (AvgIpc) is 3.09. The maximum atomic E-state index is 13.5. The number of carbonyl (C=O) groups is 3. The van der Waals surface area contributed by atoms with E-state index in [1.54, 1.807) is 0 Å². The number of aliphatic hydroxyl groups is 1. The van der Waals surface area contributed by atoms with Crippen LogP contribution in [0.2, 0.25) is 5.02 Å². The van der Waals surface area contributed by atoms with Crippen LogP contribution in [0, 0.1) is 17.2 Å². The number of rotatable bonds is 8. The van der Waals surface area contributed by atoms with Crippen LogP contribution in [-0.2, 0) is 20.0 Å². The molecule has 4 N–H and O–H groups in total. The van der Waals surface area contributed by atoms with Crippen molar-refractivity contribution in [3.05, 3.63) is 34.9 Å². The lowest BCUT2D eigenvalue weighted by molar-refractivity contribution is -0.267. The van der Waals surface area contributed by atoms with E-state index in [0.717, 1.165) is 24.3 Å². The molecule has 1 heterocycles. The SMILES string of the molecule is N#C[C@H](C[C@@H]1CCNC1=O)NC(=O)CNC(=O)CC(O)(c1ccc(Cl)cc1)C(F)(F)F. The predicted molar refractivity (Wildman–Crippen MR) is 102 cm³/mol. The van der Waals surface area contributed by atoms with Crippen LogP contribution in [0.15, 0.2) is 24.3 Å². The Labute approximate surface area is 180 Å². The minimum absolute atomic E-state index is 0.0758. The number of nitrogens with zero attached hydrogens (tertiary/aromatic N) is 1. The van der Waals surface area contributed by atoms with Crippen LogP contribution in [0.1, 0.15) is 24.8 Å². The van der Waals surface area contributed by atoms with Gasteiger partial charge in [-0.05, 0) is 30.5 Å². The molecule has 0 spiro atoms. The third-order valence-corrected chi connectivity index (χ3v) is 5.08. The zero-order chi connectivity index (χ0) is 23.2. The molecule has 0 saturated carbocycles. The van der Waals surface area contributed by atoms with E-state index in [1.165, 1.54) is 0 Å². The Morgan fingerprint density at radius 1 is 1.29 bits per heavy atom. The lowest BCUT2D eigenvalue weighted by Crippen LogP contribution is -2.48. The van der Waals surface area contributed by atoms with E-state index in [4.69, 9.17) is 16.9 Å². The minimum atomic E-state index is -5.17. The third kappa shape index (κ3) is 6.32. The largest absolute Gasteiger partial charge is 0.421 e. The molecular weight excluding hydrogens is 441 g/mol. The maximum absolute atomic E-state index is 13.5. The number of amides is 3. The second kappa shape index (κ2) is 9.98. The van der Waals surface area contributed by atoms with E-state index in [0.29, 0.717) is 13.0 Å². The van der Waals surface area contributed by atoms with Crippen molar-refractivity contribution < 1.29 is 32.7 Å². The average molecular weight is 461 g/mol. The van der Waals surface area contributed by atoms with Gasteiger partial charge < -0.3 is 21.1 Å². The Hall–Kier alpha value is -2.84. The van der Waals surface area contributed by atoms with Gasteiger partial charge in [-0.2, -0.15) is 18.4 Å². The molecule has 1 saturated heterocycles. The standard InChI is InChI=1S/C19H20ClF3N4O4/c20-13-3-1-12(2-4-13)18(31,19(21,22)23)8-15(28)26-10-16(29)27-14(9-24)7-11-5-6-25-17(11)30/h1-4,11,14,31H,5-8,10H2,(H,25,30)(H,26,28)(H,27,29)/t11-,14-,18?/m0/s1. The van der Waals surface area contributed by atoms with Gasteiger partial charge in [-0.1, -0.05) is 23.7 Å². The van der Waals surface area contributed by atoms with Crippen molar-refractivity contribution in [2.45, 2.75) is 37.1 Å². The molecule has 1 fully saturated rings. The van der Waals surface area contributed by atoms with Crippen LogP contribution in [0.25, 0.3) is 0 Å². The summed E-state index contributed by atoms with van der Waals surface area (Å²) in [6.07, 6.45) is -5.96. The normalized spacial score (nSPS) is 19.0.